The van der Waals surface area contributed by atoms with Gasteiger partial charge in [-0.05, 0) is 36.2 Å². The van der Waals surface area contributed by atoms with Crippen LogP contribution in [0.3, 0.4) is 0 Å². The second-order valence-electron chi connectivity index (χ2n) is 4.34. The van der Waals surface area contributed by atoms with Crippen molar-refractivity contribution in [3.63, 3.8) is 0 Å². The molecule has 2 aromatic rings. The molecular weight excluding hydrogens is 261 g/mol. The fourth-order valence-corrected chi connectivity index (χ4v) is 1.82. The number of carbonyl (C=O) groups excluding carboxylic acids is 1. The molecule has 4 nitrogen and oxygen atoms in total. The third kappa shape index (κ3) is 3.47. The molecule has 1 amide bonds. The maximum atomic E-state index is 13.0. The predicted octanol–water partition coefficient (Wildman–Crippen LogP) is 2.21. The molecule has 20 heavy (non-hydrogen) atoms. The minimum absolute atomic E-state index is 0.0852. The maximum Gasteiger partial charge on any atom is 0.255 e. The highest BCUT2D eigenvalue weighted by atomic mass is 19.1. The first-order valence-corrected chi connectivity index (χ1v) is 6.11. The molecule has 0 atom stereocenters. The van der Waals surface area contributed by atoms with E-state index in [1.165, 1.54) is 24.3 Å². The smallest absolute Gasteiger partial charge is 0.255 e. The van der Waals surface area contributed by atoms with Crippen LogP contribution in [-0.2, 0) is 6.42 Å². The summed E-state index contributed by atoms with van der Waals surface area (Å²) in [5, 5.41) is 21.3. The first kappa shape index (κ1) is 13.9. The second kappa shape index (κ2) is 6.06. The van der Waals surface area contributed by atoms with E-state index in [9.17, 15) is 14.3 Å². The molecular formula is C15H14FNO3. The summed E-state index contributed by atoms with van der Waals surface area (Å²) >= 11 is 0. The van der Waals surface area contributed by atoms with Crippen LogP contribution in [0.1, 0.15) is 15.9 Å². The summed E-state index contributed by atoms with van der Waals surface area (Å²) in [5.41, 5.74) is 0.863. The Morgan fingerprint density at radius 3 is 2.65 bits per heavy atom. The third-order valence-electron chi connectivity index (χ3n) is 2.81. The molecule has 0 heterocycles. The number of amides is 1. The number of phenolic OH excluding ortho intramolecular Hbond substituents is 2. The molecule has 104 valence electrons. The third-order valence-corrected chi connectivity index (χ3v) is 2.81. The van der Waals surface area contributed by atoms with E-state index in [4.69, 9.17) is 5.11 Å². The highest BCUT2D eigenvalue weighted by Crippen LogP contribution is 2.22. The summed E-state index contributed by atoms with van der Waals surface area (Å²) in [6, 6.07) is 9.90. The topological polar surface area (TPSA) is 69.6 Å². The lowest BCUT2D eigenvalue weighted by Gasteiger charge is -2.07. The summed E-state index contributed by atoms with van der Waals surface area (Å²) in [7, 11) is 0. The van der Waals surface area contributed by atoms with Crippen molar-refractivity contribution in [1.29, 1.82) is 0 Å². The van der Waals surface area contributed by atoms with Crippen LogP contribution < -0.4 is 5.32 Å². The standard InChI is InChI=1S/C15H14FNO3/c16-11-3-1-2-10(8-11)6-7-17-15(20)13-5-4-12(18)9-14(13)19/h1-5,8-9,18-19H,6-7H2,(H,17,20). The molecule has 0 bridgehead atoms. The highest BCUT2D eigenvalue weighted by molar-refractivity contribution is 5.96. The van der Waals surface area contributed by atoms with Gasteiger partial charge in [0.05, 0.1) is 5.56 Å². The Morgan fingerprint density at radius 2 is 1.95 bits per heavy atom. The van der Waals surface area contributed by atoms with Gasteiger partial charge in [0.2, 0.25) is 0 Å². The number of phenols is 2. The lowest BCUT2D eigenvalue weighted by molar-refractivity contribution is 0.0951. The Bertz CT molecular complexity index is 628. The van der Waals surface area contributed by atoms with Crippen LogP contribution in [0.2, 0.25) is 0 Å². The van der Waals surface area contributed by atoms with Crippen molar-refractivity contribution in [1.82, 2.24) is 5.32 Å². The van der Waals surface area contributed by atoms with Crippen LogP contribution >= 0.6 is 0 Å². The number of nitrogens with one attached hydrogen (secondary N) is 1. The van der Waals surface area contributed by atoms with Crippen molar-refractivity contribution >= 4 is 5.91 Å². The Morgan fingerprint density at radius 1 is 1.15 bits per heavy atom. The minimum Gasteiger partial charge on any atom is -0.508 e. The van der Waals surface area contributed by atoms with Crippen molar-refractivity contribution in [2.75, 3.05) is 6.54 Å². The van der Waals surface area contributed by atoms with E-state index in [-0.39, 0.29) is 22.9 Å². The number of carbonyl (C=O) groups is 1. The van der Waals surface area contributed by atoms with Crippen LogP contribution in [0.5, 0.6) is 11.5 Å². The van der Waals surface area contributed by atoms with E-state index in [2.05, 4.69) is 5.32 Å². The van der Waals surface area contributed by atoms with Crippen LogP contribution in [-0.4, -0.2) is 22.7 Å². The van der Waals surface area contributed by atoms with Gasteiger partial charge in [-0.3, -0.25) is 4.79 Å². The average molecular weight is 275 g/mol. The molecule has 3 N–H and O–H groups in total. The lowest BCUT2D eigenvalue weighted by atomic mass is 10.1. The van der Waals surface area contributed by atoms with E-state index >= 15 is 0 Å². The summed E-state index contributed by atoms with van der Waals surface area (Å²) in [5.74, 6) is -1.16. The first-order chi connectivity index (χ1) is 9.56. The van der Waals surface area contributed by atoms with Crippen molar-refractivity contribution < 1.29 is 19.4 Å². The molecule has 0 radical (unpaired) electrons. The molecule has 0 spiro atoms. The van der Waals surface area contributed by atoms with Crippen molar-refractivity contribution in [3.05, 3.63) is 59.4 Å². The average Bonchev–Trinajstić information content (AvgIpc) is 2.38. The van der Waals surface area contributed by atoms with Gasteiger partial charge in [0.1, 0.15) is 17.3 Å². The zero-order valence-corrected chi connectivity index (χ0v) is 10.6. The molecule has 5 heteroatoms. The molecule has 0 fully saturated rings. The van der Waals surface area contributed by atoms with Gasteiger partial charge in [0.25, 0.3) is 5.91 Å². The fourth-order valence-electron chi connectivity index (χ4n) is 1.82. The van der Waals surface area contributed by atoms with E-state index in [1.807, 2.05) is 0 Å². The Kier molecular flexibility index (Phi) is 4.20. The van der Waals surface area contributed by atoms with Gasteiger partial charge in [-0.25, -0.2) is 4.39 Å². The summed E-state index contributed by atoms with van der Waals surface area (Å²) in [4.78, 5) is 11.8. The van der Waals surface area contributed by atoms with E-state index in [0.717, 1.165) is 11.6 Å². The number of hydrogen-bond acceptors (Lipinski definition) is 3. The fraction of sp³-hybridized carbons (Fsp3) is 0.133. The molecule has 0 aliphatic heterocycles. The van der Waals surface area contributed by atoms with Gasteiger partial charge in [0.15, 0.2) is 0 Å². The first-order valence-electron chi connectivity index (χ1n) is 6.11. The Hall–Kier alpha value is -2.56. The van der Waals surface area contributed by atoms with Gasteiger partial charge in [-0.2, -0.15) is 0 Å². The lowest BCUT2D eigenvalue weighted by Crippen LogP contribution is -2.25. The summed E-state index contributed by atoms with van der Waals surface area (Å²) < 4.78 is 13.0. The summed E-state index contributed by atoms with van der Waals surface area (Å²) in [6.45, 7) is 0.322. The predicted molar refractivity (Wildman–Crippen MR) is 72.2 cm³/mol. The molecule has 0 saturated heterocycles. The zero-order valence-electron chi connectivity index (χ0n) is 10.6. The Balaban J connectivity index is 1.92. The molecule has 2 rings (SSSR count). The monoisotopic (exact) mass is 275 g/mol. The number of hydrogen-bond donors (Lipinski definition) is 3. The SMILES string of the molecule is O=C(NCCc1cccc(F)c1)c1ccc(O)cc1O. The van der Waals surface area contributed by atoms with Crippen LogP contribution in [0, 0.1) is 5.82 Å². The largest absolute Gasteiger partial charge is 0.508 e. The molecule has 0 aromatic heterocycles. The van der Waals surface area contributed by atoms with E-state index < -0.39 is 5.91 Å². The van der Waals surface area contributed by atoms with Crippen LogP contribution in [0.15, 0.2) is 42.5 Å². The number of aromatic hydroxyl groups is 2. The van der Waals surface area contributed by atoms with Crippen molar-refractivity contribution in [3.8, 4) is 11.5 Å². The van der Waals surface area contributed by atoms with Gasteiger partial charge in [0, 0.05) is 12.6 Å². The number of rotatable bonds is 4. The molecule has 0 aliphatic carbocycles. The normalized spacial score (nSPS) is 10.2. The maximum absolute atomic E-state index is 13.0. The molecule has 0 saturated carbocycles. The highest BCUT2D eigenvalue weighted by Gasteiger charge is 2.10. The molecule has 0 aliphatic rings. The van der Waals surface area contributed by atoms with E-state index in [0.29, 0.717) is 13.0 Å². The van der Waals surface area contributed by atoms with Gasteiger partial charge >= 0.3 is 0 Å². The van der Waals surface area contributed by atoms with Gasteiger partial charge in [-0.1, -0.05) is 12.1 Å². The summed E-state index contributed by atoms with van der Waals surface area (Å²) in [6.07, 6.45) is 0.488. The van der Waals surface area contributed by atoms with Gasteiger partial charge < -0.3 is 15.5 Å². The second-order valence-corrected chi connectivity index (χ2v) is 4.34. The van der Waals surface area contributed by atoms with Crippen molar-refractivity contribution in [2.24, 2.45) is 0 Å². The quantitative estimate of drug-likeness (QED) is 0.801. The van der Waals surface area contributed by atoms with Crippen LogP contribution in [0.25, 0.3) is 0 Å². The van der Waals surface area contributed by atoms with Gasteiger partial charge in [-0.15, -0.1) is 0 Å². The molecule has 2 aromatic carbocycles. The minimum atomic E-state index is -0.445. The van der Waals surface area contributed by atoms with Crippen LogP contribution in [0.4, 0.5) is 4.39 Å². The number of benzene rings is 2. The van der Waals surface area contributed by atoms with Crippen molar-refractivity contribution in [2.45, 2.75) is 6.42 Å². The number of halogens is 1. The Labute approximate surface area is 115 Å². The molecule has 0 unspecified atom stereocenters. The zero-order chi connectivity index (χ0) is 14.5. The van der Waals surface area contributed by atoms with E-state index in [1.54, 1.807) is 12.1 Å².